The summed E-state index contributed by atoms with van der Waals surface area (Å²) in [6.07, 6.45) is 2.64. The molecule has 2 aromatic rings. The third kappa shape index (κ3) is 2.33. The number of likely N-dealkylation sites (N-methyl/N-ethyl adjacent to an activating group) is 1. The Hall–Kier alpha value is -1.76. The van der Waals surface area contributed by atoms with Crippen LogP contribution in [-0.2, 0) is 0 Å². The molecule has 0 atom stereocenters. The second-order valence-corrected chi connectivity index (χ2v) is 4.37. The van der Waals surface area contributed by atoms with Gasteiger partial charge in [0, 0.05) is 26.2 Å². The normalized spacial score (nSPS) is 15.4. The molecule has 1 fully saturated rings. The van der Waals surface area contributed by atoms with Crippen molar-refractivity contribution >= 4 is 11.5 Å². The highest BCUT2D eigenvalue weighted by molar-refractivity contribution is 5.43. The van der Waals surface area contributed by atoms with E-state index in [2.05, 4.69) is 30.8 Å². The summed E-state index contributed by atoms with van der Waals surface area (Å²) in [7, 11) is 2.02. The van der Waals surface area contributed by atoms with E-state index < -0.39 is 0 Å². The monoisotopic (exact) mass is 233 g/mol. The molecule has 2 aromatic heterocycles. The Morgan fingerprint density at radius 3 is 3.18 bits per heavy atom. The zero-order chi connectivity index (χ0) is 11.7. The van der Waals surface area contributed by atoms with Crippen molar-refractivity contribution in [2.75, 3.05) is 25.0 Å². The quantitative estimate of drug-likeness (QED) is 0.765. The largest absolute Gasteiger partial charge is 0.357 e. The van der Waals surface area contributed by atoms with Crippen LogP contribution >= 0.6 is 0 Å². The standard InChI is InChI=1S/C10H15N7/c1-16(7-6-11-8-2-3-8)10-5-4-9-12-14-15-17(9)13-10/h4-5,8,11H,2-3,6-7H2,1H3. The van der Waals surface area contributed by atoms with Crippen LogP contribution in [0, 0.1) is 0 Å². The van der Waals surface area contributed by atoms with Gasteiger partial charge in [-0.2, -0.15) is 0 Å². The molecular formula is C10H15N7. The third-order valence-electron chi connectivity index (χ3n) is 2.90. The molecule has 0 spiro atoms. The fraction of sp³-hybridized carbons (Fsp3) is 0.600. The van der Waals surface area contributed by atoms with Crippen molar-refractivity contribution in [2.24, 2.45) is 0 Å². The van der Waals surface area contributed by atoms with Gasteiger partial charge in [-0.15, -0.1) is 14.8 Å². The Balaban J connectivity index is 1.64. The van der Waals surface area contributed by atoms with Gasteiger partial charge in [-0.05, 0) is 35.4 Å². The molecule has 1 aliphatic carbocycles. The smallest absolute Gasteiger partial charge is 0.200 e. The maximum Gasteiger partial charge on any atom is 0.200 e. The van der Waals surface area contributed by atoms with Crippen molar-refractivity contribution in [2.45, 2.75) is 18.9 Å². The van der Waals surface area contributed by atoms with Gasteiger partial charge in [0.25, 0.3) is 0 Å². The molecule has 17 heavy (non-hydrogen) atoms. The number of fused-ring (bicyclic) bond motifs is 1. The highest BCUT2D eigenvalue weighted by Crippen LogP contribution is 2.18. The van der Waals surface area contributed by atoms with E-state index >= 15 is 0 Å². The van der Waals surface area contributed by atoms with Crippen LogP contribution in [0.3, 0.4) is 0 Å². The molecule has 0 unspecified atom stereocenters. The molecular weight excluding hydrogens is 218 g/mol. The minimum absolute atomic E-state index is 0.665. The SMILES string of the molecule is CN(CCNC1CC1)c1ccc2nnnn2n1. The average molecular weight is 233 g/mol. The number of aromatic nitrogens is 5. The highest BCUT2D eigenvalue weighted by atomic mass is 15.6. The van der Waals surface area contributed by atoms with E-state index in [1.165, 1.54) is 17.5 Å². The summed E-state index contributed by atoms with van der Waals surface area (Å²) >= 11 is 0. The molecule has 2 heterocycles. The molecule has 1 N–H and O–H groups in total. The molecule has 0 saturated heterocycles. The maximum atomic E-state index is 4.33. The highest BCUT2D eigenvalue weighted by Gasteiger charge is 2.19. The van der Waals surface area contributed by atoms with Crippen LogP contribution in [0.5, 0.6) is 0 Å². The van der Waals surface area contributed by atoms with Gasteiger partial charge in [-0.25, -0.2) is 0 Å². The van der Waals surface area contributed by atoms with Gasteiger partial charge >= 0.3 is 0 Å². The molecule has 3 rings (SSSR count). The number of nitrogens with zero attached hydrogens (tertiary/aromatic N) is 6. The van der Waals surface area contributed by atoms with Crippen molar-refractivity contribution in [1.82, 2.24) is 30.6 Å². The van der Waals surface area contributed by atoms with E-state index in [1.807, 2.05) is 19.2 Å². The summed E-state index contributed by atoms with van der Waals surface area (Å²) in [5.74, 6) is 0.877. The van der Waals surface area contributed by atoms with E-state index in [0.29, 0.717) is 5.65 Å². The molecule has 7 heteroatoms. The number of tetrazole rings is 1. The van der Waals surface area contributed by atoms with Crippen LogP contribution in [0.2, 0.25) is 0 Å². The second-order valence-electron chi connectivity index (χ2n) is 4.37. The molecule has 1 saturated carbocycles. The Labute approximate surface area is 98.8 Å². The summed E-state index contributed by atoms with van der Waals surface area (Å²) in [6, 6.07) is 4.55. The Kier molecular flexibility index (Phi) is 2.60. The second kappa shape index (κ2) is 4.25. The van der Waals surface area contributed by atoms with Gasteiger partial charge in [-0.1, -0.05) is 0 Å². The van der Waals surface area contributed by atoms with Crippen molar-refractivity contribution in [1.29, 1.82) is 0 Å². The Bertz CT molecular complexity index is 504. The van der Waals surface area contributed by atoms with Crippen LogP contribution in [0.15, 0.2) is 12.1 Å². The fourth-order valence-corrected chi connectivity index (χ4v) is 1.68. The van der Waals surface area contributed by atoms with Gasteiger partial charge < -0.3 is 10.2 Å². The summed E-state index contributed by atoms with van der Waals surface area (Å²) in [6.45, 7) is 1.91. The topological polar surface area (TPSA) is 71.2 Å². The summed E-state index contributed by atoms with van der Waals surface area (Å²) < 4.78 is 1.44. The first-order valence-corrected chi connectivity index (χ1v) is 5.83. The van der Waals surface area contributed by atoms with E-state index in [-0.39, 0.29) is 0 Å². The minimum atomic E-state index is 0.665. The minimum Gasteiger partial charge on any atom is -0.357 e. The first kappa shape index (κ1) is 10.4. The summed E-state index contributed by atoms with van der Waals surface area (Å²) in [5.41, 5.74) is 0.665. The van der Waals surface area contributed by atoms with Crippen LogP contribution < -0.4 is 10.2 Å². The Morgan fingerprint density at radius 1 is 1.47 bits per heavy atom. The van der Waals surface area contributed by atoms with Gasteiger partial charge in [0.1, 0.15) is 0 Å². The molecule has 0 bridgehead atoms. The number of hydrogen-bond acceptors (Lipinski definition) is 6. The number of nitrogens with one attached hydrogen (secondary N) is 1. The zero-order valence-electron chi connectivity index (χ0n) is 9.74. The first-order chi connectivity index (χ1) is 8.33. The first-order valence-electron chi connectivity index (χ1n) is 5.83. The third-order valence-corrected chi connectivity index (χ3v) is 2.90. The van der Waals surface area contributed by atoms with Crippen molar-refractivity contribution in [3.63, 3.8) is 0 Å². The Morgan fingerprint density at radius 2 is 2.35 bits per heavy atom. The lowest BCUT2D eigenvalue weighted by molar-refractivity contribution is 0.663. The fourth-order valence-electron chi connectivity index (χ4n) is 1.68. The lowest BCUT2D eigenvalue weighted by Gasteiger charge is -2.17. The number of rotatable bonds is 5. The maximum absolute atomic E-state index is 4.33. The van der Waals surface area contributed by atoms with E-state index in [0.717, 1.165) is 24.9 Å². The van der Waals surface area contributed by atoms with Gasteiger partial charge in [0.15, 0.2) is 11.5 Å². The molecule has 0 radical (unpaired) electrons. The van der Waals surface area contributed by atoms with Crippen LogP contribution in [-0.4, -0.2) is 51.4 Å². The van der Waals surface area contributed by atoms with Gasteiger partial charge in [0.05, 0.1) is 0 Å². The summed E-state index contributed by atoms with van der Waals surface area (Å²) in [5, 5.41) is 19.0. The molecule has 0 aliphatic heterocycles. The van der Waals surface area contributed by atoms with Crippen molar-refractivity contribution in [3.8, 4) is 0 Å². The molecule has 7 nitrogen and oxygen atoms in total. The average Bonchev–Trinajstić information content (AvgIpc) is 3.04. The lowest BCUT2D eigenvalue weighted by Crippen LogP contribution is -2.31. The van der Waals surface area contributed by atoms with Crippen LogP contribution in [0.25, 0.3) is 5.65 Å². The number of hydrogen-bond donors (Lipinski definition) is 1. The van der Waals surface area contributed by atoms with Crippen molar-refractivity contribution in [3.05, 3.63) is 12.1 Å². The van der Waals surface area contributed by atoms with Gasteiger partial charge in [0.2, 0.25) is 0 Å². The van der Waals surface area contributed by atoms with E-state index in [1.54, 1.807) is 0 Å². The van der Waals surface area contributed by atoms with Crippen molar-refractivity contribution < 1.29 is 0 Å². The van der Waals surface area contributed by atoms with Gasteiger partial charge in [-0.3, -0.25) is 0 Å². The number of anilines is 1. The van der Waals surface area contributed by atoms with E-state index in [9.17, 15) is 0 Å². The molecule has 1 aliphatic rings. The van der Waals surface area contributed by atoms with E-state index in [4.69, 9.17) is 0 Å². The predicted molar refractivity (Wildman–Crippen MR) is 62.9 cm³/mol. The molecule has 90 valence electrons. The molecule has 0 amide bonds. The zero-order valence-corrected chi connectivity index (χ0v) is 9.74. The predicted octanol–water partition coefficient (Wildman–Crippen LogP) is -0.293. The van der Waals surface area contributed by atoms with Crippen LogP contribution in [0.1, 0.15) is 12.8 Å². The molecule has 0 aromatic carbocycles. The van der Waals surface area contributed by atoms with Crippen LogP contribution in [0.4, 0.5) is 5.82 Å². The lowest BCUT2D eigenvalue weighted by atomic mass is 10.4. The summed E-state index contributed by atoms with van der Waals surface area (Å²) in [4.78, 5) is 2.09.